The maximum atomic E-state index is 13.3. The second-order valence-corrected chi connectivity index (χ2v) is 6.69. The molecular formula is C19H21N5O2. The summed E-state index contributed by atoms with van der Waals surface area (Å²) in [6.07, 6.45) is 6.04. The zero-order valence-electron chi connectivity index (χ0n) is 14.8. The average molecular weight is 351 g/mol. The lowest BCUT2D eigenvalue weighted by Crippen LogP contribution is -2.40. The Kier molecular flexibility index (Phi) is 3.99. The van der Waals surface area contributed by atoms with E-state index in [9.17, 15) is 9.59 Å². The Morgan fingerprint density at radius 1 is 1.19 bits per heavy atom. The number of carbonyl (C=O) groups is 2. The van der Waals surface area contributed by atoms with Crippen molar-refractivity contribution >= 4 is 17.5 Å². The number of likely N-dealkylation sites (tertiary alicyclic amines) is 1. The van der Waals surface area contributed by atoms with Crippen LogP contribution in [0.2, 0.25) is 0 Å². The first-order valence-corrected chi connectivity index (χ1v) is 8.68. The number of carbonyl (C=O) groups excluding carboxylic acids is 2. The summed E-state index contributed by atoms with van der Waals surface area (Å²) < 4.78 is 3.59. The topological polar surface area (TPSA) is 71.6 Å². The molecule has 1 fully saturated rings. The number of hydrogen-bond acceptors (Lipinski definition) is 3. The fraction of sp³-hybridized carbons (Fsp3) is 0.316. The zero-order valence-corrected chi connectivity index (χ0v) is 14.8. The maximum Gasteiger partial charge on any atom is 0.259 e. The van der Waals surface area contributed by atoms with Crippen molar-refractivity contribution in [3.63, 3.8) is 0 Å². The van der Waals surface area contributed by atoms with Gasteiger partial charge in [0.25, 0.3) is 5.91 Å². The van der Waals surface area contributed by atoms with Gasteiger partial charge < -0.3 is 14.8 Å². The Morgan fingerprint density at radius 2 is 1.96 bits per heavy atom. The minimum Gasteiger partial charge on any atom is -0.351 e. The number of benzene rings is 1. The molecule has 0 bridgehead atoms. The summed E-state index contributed by atoms with van der Waals surface area (Å²) in [7, 11) is 1.90. The molecule has 2 atom stereocenters. The van der Waals surface area contributed by atoms with Crippen LogP contribution < -0.4 is 5.32 Å². The highest BCUT2D eigenvalue weighted by Gasteiger charge is 2.39. The van der Waals surface area contributed by atoms with Crippen molar-refractivity contribution in [3.05, 3.63) is 60.0 Å². The predicted octanol–water partition coefficient (Wildman–Crippen LogP) is 1.76. The van der Waals surface area contributed by atoms with Crippen LogP contribution in [0.4, 0.5) is 0 Å². The molecule has 3 aromatic rings. The minimum atomic E-state index is -0.192. The highest BCUT2D eigenvalue weighted by Crippen LogP contribution is 2.34. The Hall–Kier alpha value is -3.09. The molecule has 4 rings (SSSR count). The summed E-state index contributed by atoms with van der Waals surface area (Å²) in [6.45, 7) is 2.10. The molecule has 3 heterocycles. The number of imidazole rings is 1. The van der Waals surface area contributed by atoms with Crippen molar-refractivity contribution in [2.75, 3.05) is 6.54 Å². The number of nitrogens with zero attached hydrogens (tertiary/aromatic N) is 4. The number of amides is 2. The van der Waals surface area contributed by atoms with Gasteiger partial charge in [0.1, 0.15) is 11.2 Å². The van der Waals surface area contributed by atoms with Crippen LogP contribution in [-0.2, 0) is 11.8 Å². The van der Waals surface area contributed by atoms with Crippen molar-refractivity contribution in [2.45, 2.75) is 25.4 Å². The molecule has 134 valence electrons. The third kappa shape index (κ3) is 2.65. The van der Waals surface area contributed by atoms with Gasteiger partial charge in [0.15, 0.2) is 0 Å². The van der Waals surface area contributed by atoms with Gasteiger partial charge in [0, 0.05) is 32.9 Å². The lowest BCUT2D eigenvalue weighted by atomic mass is 9.99. The van der Waals surface area contributed by atoms with Crippen molar-refractivity contribution in [1.82, 2.24) is 24.4 Å². The van der Waals surface area contributed by atoms with Crippen LogP contribution in [0.25, 0.3) is 5.65 Å². The Labute approximate surface area is 151 Å². The van der Waals surface area contributed by atoms with E-state index in [1.54, 1.807) is 10.7 Å². The summed E-state index contributed by atoms with van der Waals surface area (Å²) >= 11 is 0. The van der Waals surface area contributed by atoms with E-state index in [1.165, 1.54) is 6.92 Å². The molecule has 1 aliphatic heterocycles. The number of hydrogen-bond donors (Lipinski definition) is 1. The van der Waals surface area contributed by atoms with Crippen molar-refractivity contribution in [2.24, 2.45) is 7.05 Å². The molecule has 2 aromatic heterocycles. The molecule has 2 amide bonds. The first-order valence-electron chi connectivity index (χ1n) is 8.68. The van der Waals surface area contributed by atoms with Crippen LogP contribution >= 0.6 is 0 Å². The molecular weight excluding hydrogens is 330 g/mol. The van der Waals surface area contributed by atoms with Crippen LogP contribution in [0.3, 0.4) is 0 Å². The number of fused-ring (bicyclic) bond motifs is 1. The Balaban J connectivity index is 1.73. The standard InChI is InChI=1S/C19H21N5O2/c1-13(25)21-16-8-9-23(17(16)14-6-4-3-5-7-14)19(26)15-12-20-24-11-10-22(2)18(15)24/h3-7,10-12,16-17H,8-9H2,1-2H3,(H,21,25). The molecule has 1 saturated heterocycles. The molecule has 7 nitrogen and oxygen atoms in total. The van der Waals surface area contributed by atoms with E-state index in [4.69, 9.17) is 0 Å². The molecule has 0 aliphatic carbocycles. The SMILES string of the molecule is CC(=O)NC1CCN(C(=O)c2cnn3ccn(C)c23)C1c1ccccc1. The monoisotopic (exact) mass is 351 g/mol. The zero-order chi connectivity index (χ0) is 18.3. The maximum absolute atomic E-state index is 13.3. The fourth-order valence-electron chi connectivity index (χ4n) is 3.85. The number of rotatable bonds is 3. The summed E-state index contributed by atoms with van der Waals surface area (Å²) in [6, 6.07) is 9.57. The molecule has 7 heteroatoms. The average Bonchev–Trinajstić information content (AvgIpc) is 3.31. The van der Waals surface area contributed by atoms with Gasteiger partial charge in [-0.05, 0) is 12.0 Å². The third-order valence-electron chi connectivity index (χ3n) is 4.95. The van der Waals surface area contributed by atoms with Crippen molar-refractivity contribution in [3.8, 4) is 0 Å². The largest absolute Gasteiger partial charge is 0.351 e. The molecule has 1 aliphatic rings. The summed E-state index contributed by atoms with van der Waals surface area (Å²) in [5.74, 6) is -0.149. The molecule has 0 radical (unpaired) electrons. The van der Waals surface area contributed by atoms with Gasteiger partial charge in [-0.15, -0.1) is 0 Å². The second-order valence-electron chi connectivity index (χ2n) is 6.69. The minimum absolute atomic E-state index is 0.0662. The Morgan fingerprint density at radius 3 is 2.69 bits per heavy atom. The molecule has 0 saturated carbocycles. The van der Waals surface area contributed by atoms with Gasteiger partial charge in [0.2, 0.25) is 5.91 Å². The summed E-state index contributed by atoms with van der Waals surface area (Å²) in [4.78, 5) is 26.8. The van der Waals surface area contributed by atoms with E-state index >= 15 is 0 Å². The van der Waals surface area contributed by atoms with E-state index < -0.39 is 0 Å². The van der Waals surface area contributed by atoms with E-state index in [0.717, 1.165) is 17.6 Å². The lowest BCUT2D eigenvalue weighted by Gasteiger charge is -2.28. The van der Waals surface area contributed by atoms with Gasteiger partial charge in [0.05, 0.1) is 18.3 Å². The predicted molar refractivity (Wildman–Crippen MR) is 96.6 cm³/mol. The highest BCUT2D eigenvalue weighted by atomic mass is 16.2. The highest BCUT2D eigenvalue weighted by molar-refractivity contribution is 6.00. The van der Waals surface area contributed by atoms with Crippen LogP contribution in [0.5, 0.6) is 0 Å². The van der Waals surface area contributed by atoms with Crippen molar-refractivity contribution in [1.29, 1.82) is 0 Å². The van der Waals surface area contributed by atoms with Gasteiger partial charge >= 0.3 is 0 Å². The molecule has 1 aromatic carbocycles. The number of aromatic nitrogens is 3. The third-order valence-corrected chi connectivity index (χ3v) is 4.95. The number of aryl methyl sites for hydroxylation is 1. The van der Waals surface area contributed by atoms with E-state index in [-0.39, 0.29) is 23.9 Å². The van der Waals surface area contributed by atoms with Gasteiger partial charge in [-0.3, -0.25) is 9.59 Å². The molecule has 0 spiro atoms. The van der Waals surface area contributed by atoms with Crippen LogP contribution in [0, 0.1) is 0 Å². The van der Waals surface area contributed by atoms with E-state index in [0.29, 0.717) is 12.1 Å². The second kappa shape index (κ2) is 6.33. The van der Waals surface area contributed by atoms with Gasteiger partial charge in [-0.25, -0.2) is 4.52 Å². The van der Waals surface area contributed by atoms with Crippen LogP contribution in [0.15, 0.2) is 48.9 Å². The molecule has 26 heavy (non-hydrogen) atoms. The van der Waals surface area contributed by atoms with Gasteiger partial charge in [-0.2, -0.15) is 5.10 Å². The van der Waals surface area contributed by atoms with Crippen molar-refractivity contribution < 1.29 is 9.59 Å². The first-order chi connectivity index (χ1) is 12.6. The van der Waals surface area contributed by atoms with E-state index in [1.807, 2.05) is 59.2 Å². The quantitative estimate of drug-likeness (QED) is 0.782. The summed E-state index contributed by atoms with van der Waals surface area (Å²) in [5, 5.41) is 7.28. The number of nitrogens with one attached hydrogen (secondary N) is 1. The smallest absolute Gasteiger partial charge is 0.259 e. The lowest BCUT2D eigenvalue weighted by molar-refractivity contribution is -0.119. The van der Waals surface area contributed by atoms with Crippen LogP contribution in [0.1, 0.15) is 35.3 Å². The molecule has 1 N–H and O–H groups in total. The first kappa shape index (κ1) is 16.4. The van der Waals surface area contributed by atoms with Crippen LogP contribution in [-0.4, -0.2) is 43.5 Å². The fourth-order valence-corrected chi connectivity index (χ4v) is 3.85. The Bertz CT molecular complexity index is 959. The molecule has 2 unspecified atom stereocenters. The van der Waals surface area contributed by atoms with E-state index in [2.05, 4.69) is 10.4 Å². The normalized spacial score (nSPS) is 19.8. The van der Waals surface area contributed by atoms with Gasteiger partial charge in [-0.1, -0.05) is 30.3 Å². The summed E-state index contributed by atoms with van der Waals surface area (Å²) in [5.41, 5.74) is 2.36.